The van der Waals surface area contributed by atoms with Crippen LogP contribution in [0, 0.1) is 13.8 Å². The average molecular weight is 329 g/mol. The SMILES string of the molecule is CCOc1ccccc1NC(=O)CSCc1cc(C)cc(C)c1. The molecule has 0 radical (unpaired) electrons. The Labute approximate surface area is 142 Å². The fourth-order valence-corrected chi connectivity index (χ4v) is 3.21. The van der Waals surface area contributed by atoms with Crippen LogP contribution in [0.25, 0.3) is 0 Å². The van der Waals surface area contributed by atoms with Gasteiger partial charge in [0, 0.05) is 5.75 Å². The Morgan fingerprint density at radius 2 is 1.83 bits per heavy atom. The molecule has 3 nitrogen and oxygen atoms in total. The van der Waals surface area contributed by atoms with Gasteiger partial charge in [0.05, 0.1) is 18.0 Å². The lowest BCUT2D eigenvalue weighted by atomic mass is 10.1. The smallest absolute Gasteiger partial charge is 0.234 e. The summed E-state index contributed by atoms with van der Waals surface area (Å²) in [5.41, 5.74) is 4.51. The fraction of sp³-hybridized carbons (Fsp3) is 0.316. The van der Waals surface area contributed by atoms with Crippen molar-refractivity contribution in [3.8, 4) is 5.75 Å². The lowest BCUT2D eigenvalue weighted by molar-refractivity contribution is -0.113. The summed E-state index contributed by atoms with van der Waals surface area (Å²) < 4.78 is 5.52. The lowest BCUT2D eigenvalue weighted by Crippen LogP contribution is -2.15. The molecule has 1 N–H and O–H groups in total. The maximum atomic E-state index is 12.1. The van der Waals surface area contributed by atoms with Crippen molar-refractivity contribution in [1.82, 2.24) is 0 Å². The Morgan fingerprint density at radius 3 is 2.52 bits per heavy atom. The zero-order chi connectivity index (χ0) is 16.7. The van der Waals surface area contributed by atoms with Gasteiger partial charge < -0.3 is 10.1 Å². The second-order valence-electron chi connectivity index (χ2n) is 5.47. The molecule has 0 aliphatic rings. The van der Waals surface area contributed by atoms with E-state index in [1.807, 2.05) is 31.2 Å². The first-order valence-electron chi connectivity index (χ1n) is 7.75. The normalized spacial score (nSPS) is 10.4. The van der Waals surface area contributed by atoms with Crippen LogP contribution in [0.5, 0.6) is 5.75 Å². The van der Waals surface area contributed by atoms with Gasteiger partial charge >= 0.3 is 0 Å². The summed E-state index contributed by atoms with van der Waals surface area (Å²) in [5, 5.41) is 2.92. The van der Waals surface area contributed by atoms with Gasteiger partial charge in [0.15, 0.2) is 0 Å². The molecule has 0 spiro atoms. The van der Waals surface area contributed by atoms with Crippen molar-refractivity contribution in [2.24, 2.45) is 0 Å². The number of hydrogen-bond acceptors (Lipinski definition) is 3. The van der Waals surface area contributed by atoms with E-state index in [0.29, 0.717) is 18.1 Å². The van der Waals surface area contributed by atoms with Crippen LogP contribution < -0.4 is 10.1 Å². The third-order valence-electron chi connectivity index (χ3n) is 3.24. The molecule has 0 aromatic heterocycles. The Bertz CT molecular complexity index is 650. The highest BCUT2D eigenvalue weighted by Gasteiger charge is 2.07. The lowest BCUT2D eigenvalue weighted by Gasteiger charge is -2.11. The number of benzene rings is 2. The van der Waals surface area contributed by atoms with Crippen LogP contribution in [0.1, 0.15) is 23.6 Å². The molecule has 2 aromatic rings. The van der Waals surface area contributed by atoms with Crippen molar-refractivity contribution >= 4 is 23.4 Å². The van der Waals surface area contributed by atoms with Crippen LogP contribution in [-0.2, 0) is 10.5 Å². The van der Waals surface area contributed by atoms with Crippen LogP contribution in [0.2, 0.25) is 0 Å². The minimum Gasteiger partial charge on any atom is -0.492 e. The van der Waals surface area contributed by atoms with Gasteiger partial charge in [0.2, 0.25) is 5.91 Å². The molecule has 0 unspecified atom stereocenters. The molecule has 0 heterocycles. The van der Waals surface area contributed by atoms with Gasteiger partial charge in [0.1, 0.15) is 5.75 Å². The quantitative estimate of drug-likeness (QED) is 0.808. The van der Waals surface area contributed by atoms with Gasteiger partial charge in [-0.05, 0) is 38.5 Å². The summed E-state index contributed by atoms with van der Waals surface area (Å²) in [5.74, 6) is 1.96. The monoisotopic (exact) mass is 329 g/mol. The van der Waals surface area contributed by atoms with E-state index in [2.05, 4.69) is 37.4 Å². The van der Waals surface area contributed by atoms with Gasteiger partial charge in [-0.1, -0.05) is 41.5 Å². The largest absolute Gasteiger partial charge is 0.492 e. The van der Waals surface area contributed by atoms with E-state index < -0.39 is 0 Å². The molecule has 0 atom stereocenters. The van der Waals surface area contributed by atoms with Crippen molar-refractivity contribution < 1.29 is 9.53 Å². The number of thioether (sulfide) groups is 1. The van der Waals surface area contributed by atoms with E-state index in [1.54, 1.807) is 11.8 Å². The summed E-state index contributed by atoms with van der Waals surface area (Å²) in [4.78, 5) is 12.1. The molecule has 0 saturated carbocycles. The number of ether oxygens (including phenoxy) is 1. The number of carbonyl (C=O) groups excluding carboxylic acids is 1. The predicted octanol–water partition coefficient (Wildman–Crippen LogP) is 4.57. The molecule has 23 heavy (non-hydrogen) atoms. The first kappa shape index (κ1) is 17.4. The Balaban J connectivity index is 1.86. The van der Waals surface area contributed by atoms with Crippen LogP contribution in [-0.4, -0.2) is 18.3 Å². The van der Waals surface area contributed by atoms with Crippen LogP contribution in [0.4, 0.5) is 5.69 Å². The maximum absolute atomic E-state index is 12.1. The minimum atomic E-state index is -0.00784. The predicted molar refractivity (Wildman–Crippen MR) is 98.3 cm³/mol. The third-order valence-corrected chi connectivity index (χ3v) is 4.25. The van der Waals surface area contributed by atoms with E-state index in [-0.39, 0.29) is 5.91 Å². The number of hydrogen-bond donors (Lipinski definition) is 1. The molecule has 4 heteroatoms. The summed E-state index contributed by atoms with van der Waals surface area (Å²) >= 11 is 1.62. The van der Waals surface area contributed by atoms with Gasteiger partial charge in [0.25, 0.3) is 0 Å². The first-order chi connectivity index (χ1) is 11.1. The minimum absolute atomic E-state index is 0.00784. The van der Waals surface area contributed by atoms with Gasteiger partial charge in [-0.3, -0.25) is 4.79 Å². The van der Waals surface area contributed by atoms with Gasteiger partial charge in [-0.15, -0.1) is 11.8 Å². The zero-order valence-corrected chi connectivity index (χ0v) is 14.7. The average Bonchev–Trinajstić information content (AvgIpc) is 2.48. The van der Waals surface area contributed by atoms with E-state index in [9.17, 15) is 4.79 Å². The Morgan fingerprint density at radius 1 is 1.13 bits per heavy atom. The van der Waals surface area contributed by atoms with Crippen LogP contribution >= 0.6 is 11.8 Å². The molecule has 0 saturated heterocycles. The summed E-state index contributed by atoms with van der Waals surface area (Å²) in [6, 6.07) is 14.0. The topological polar surface area (TPSA) is 38.3 Å². The second-order valence-corrected chi connectivity index (χ2v) is 6.45. The van der Waals surface area contributed by atoms with Crippen molar-refractivity contribution in [3.05, 3.63) is 59.2 Å². The van der Waals surface area contributed by atoms with Crippen LogP contribution in [0.15, 0.2) is 42.5 Å². The molecule has 122 valence electrons. The number of carbonyl (C=O) groups is 1. The molecule has 2 rings (SSSR count). The molecular formula is C19H23NO2S. The van der Waals surface area contributed by atoms with Crippen molar-refractivity contribution in [2.75, 3.05) is 17.7 Å². The highest BCUT2D eigenvalue weighted by atomic mass is 32.2. The maximum Gasteiger partial charge on any atom is 0.234 e. The van der Waals surface area contributed by atoms with Gasteiger partial charge in [-0.25, -0.2) is 0 Å². The summed E-state index contributed by atoms with van der Waals surface area (Å²) in [6.45, 7) is 6.70. The number of nitrogens with one attached hydrogen (secondary N) is 1. The first-order valence-corrected chi connectivity index (χ1v) is 8.90. The fourth-order valence-electron chi connectivity index (χ4n) is 2.45. The van der Waals surface area contributed by atoms with Crippen molar-refractivity contribution in [2.45, 2.75) is 26.5 Å². The Hall–Kier alpha value is -1.94. The van der Waals surface area contributed by atoms with E-state index in [4.69, 9.17) is 4.74 Å². The number of para-hydroxylation sites is 2. The number of aryl methyl sites for hydroxylation is 2. The third kappa shape index (κ3) is 5.64. The second kappa shape index (κ2) is 8.63. The molecule has 0 bridgehead atoms. The molecule has 0 fully saturated rings. The number of amides is 1. The van der Waals surface area contributed by atoms with Crippen molar-refractivity contribution in [3.63, 3.8) is 0 Å². The summed E-state index contributed by atoms with van der Waals surface area (Å²) in [6.07, 6.45) is 0. The molecule has 0 aliphatic carbocycles. The molecular weight excluding hydrogens is 306 g/mol. The van der Waals surface area contributed by atoms with Gasteiger partial charge in [-0.2, -0.15) is 0 Å². The van der Waals surface area contributed by atoms with E-state index in [0.717, 1.165) is 11.4 Å². The highest BCUT2D eigenvalue weighted by molar-refractivity contribution is 7.99. The van der Waals surface area contributed by atoms with E-state index >= 15 is 0 Å². The van der Waals surface area contributed by atoms with Crippen LogP contribution in [0.3, 0.4) is 0 Å². The molecule has 1 amide bonds. The molecule has 2 aromatic carbocycles. The molecule has 0 aliphatic heterocycles. The number of anilines is 1. The number of rotatable bonds is 7. The zero-order valence-electron chi connectivity index (χ0n) is 13.9. The standard InChI is InChI=1S/C19H23NO2S/c1-4-22-18-8-6-5-7-17(18)20-19(21)13-23-12-16-10-14(2)9-15(3)11-16/h5-11H,4,12-13H2,1-3H3,(H,20,21). The van der Waals surface area contributed by atoms with Crippen molar-refractivity contribution in [1.29, 1.82) is 0 Å². The highest BCUT2D eigenvalue weighted by Crippen LogP contribution is 2.24. The Kier molecular flexibility index (Phi) is 6.53. The van der Waals surface area contributed by atoms with E-state index in [1.165, 1.54) is 16.7 Å². The summed E-state index contributed by atoms with van der Waals surface area (Å²) in [7, 11) is 0.